The molecule has 0 spiro atoms. The number of rotatable bonds is 4. The first kappa shape index (κ1) is 16.9. The summed E-state index contributed by atoms with van der Waals surface area (Å²) in [6, 6.07) is 13.8. The molecule has 4 nitrogen and oxygen atoms in total. The van der Waals surface area contributed by atoms with Crippen LogP contribution in [0.5, 0.6) is 0 Å². The molecule has 1 aliphatic rings. The second-order valence-electron chi connectivity index (χ2n) is 7.23. The first-order valence-electron chi connectivity index (χ1n) is 8.66. The van der Waals surface area contributed by atoms with Crippen LogP contribution >= 0.6 is 0 Å². The minimum absolute atomic E-state index is 0.00791. The summed E-state index contributed by atoms with van der Waals surface area (Å²) >= 11 is 0. The number of nitrogens with zero attached hydrogens (tertiary/aromatic N) is 1. The summed E-state index contributed by atoms with van der Waals surface area (Å²) in [4.78, 5) is 14.9. The molecule has 1 heterocycles. The number of likely N-dealkylation sites (tertiary alicyclic amines) is 1. The molecule has 1 fully saturated rings. The number of carbonyl (C=O) groups excluding carboxylic acids is 1. The zero-order valence-corrected chi connectivity index (χ0v) is 14.5. The van der Waals surface area contributed by atoms with Gasteiger partial charge in [-0.3, -0.25) is 9.69 Å². The monoisotopic (exact) mass is 326 g/mol. The van der Waals surface area contributed by atoms with E-state index in [1.54, 1.807) is 0 Å². The van der Waals surface area contributed by atoms with Gasteiger partial charge in [-0.2, -0.15) is 0 Å². The molecule has 2 aromatic rings. The van der Waals surface area contributed by atoms with Crippen LogP contribution in [0.2, 0.25) is 0 Å². The largest absolute Gasteiger partial charge is 0.396 e. The summed E-state index contributed by atoms with van der Waals surface area (Å²) in [6.07, 6.45) is 2.03. The van der Waals surface area contributed by atoms with Crippen molar-refractivity contribution in [2.45, 2.75) is 32.7 Å². The summed E-state index contributed by atoms with van der Waals surface area (Å²) < 4.78 is 0. The van der Waals surface area contributed by atoms with Crippen LogP contribution in [-0.4, -0.2) is 41.7 Å². The second kappa shape index (κ2) is 6.91. The first-order valence-corrected chi connectivity index (χ1v) is 8.66. The van der Waals surface area contributed by atoms with Gasteiger partial charge < -0.3 is 10.4 Å². The molecule has 0 radical (unpaired) electrons. The zero-order chi connectivity index (χ0) is 17.2. The second-order valence-corrected chi connectivity index (χ2v) is 7.23. The molecule has 128 valence electrons. The molecule has 1 amide bonds. The van der Waals surface area contributed by atoms with Gasteiger partial charge in [0.15, 0.2) is 0 Å². The van der Waals surface area contributed by atoms with Gasteiger partial charge >= 0.3 is 0 Å². The maximum atomic E-state index is 12.7. The number of carbonyl (C=O) groups is 1. The van der Waals surface area contributed by atoms with E-state index >= 15 is 0 Å². The van der Waals surface area contributed by atoms with Crippen molar-refractivity contribution in [3.05, 3.63) is 42.5 Å². The maximum Gasteiger partial charge on any atom is 0.241 e. The summed E-state index contributed by atoms with van der Waals surface area (Å²) in [5, 5.41) is 14.9. The lowest BCUT2D eigenvalue weighted by atomic mass is 9.82. The fourth-order valence-electron chi connectivity index (χ4n) is 3.55. The minimum atomic E-state index is -0.213. The van der Waals surface area contributed by atoms with Crippen molar-refractivity contribution in [2.75, 3.05) is 25.0 Å². The lowest BCUT2D eigenvalue weighted by molar-refractivity contribution is -0.122. The normalized spacial score (nSPS) is 23.1. The van der Waals surface area contributed by atoms with Crippen LogP contribution in [0, 0.1) is 5.41 Å². The molecule has 2 unspecified atom stereocenters. The molecule has 0 aromatic heterocycles. The lowest BCUT2D eigenvalue weighted by Gasteiger charge is -2.41. The third kappa shape index (κ3) is 3.45. The molecule has 2 atom stereocenters. The van der Waals surface area contributed by atoms with Crippen molar-refractivity contribution in [1.82, 2.24) is 4.90 Å². The highest BCUT2D eigenvalue weighted by Crippen LogP contribution is 2.30. The molecule has 1 saturated heterocycles. The Morgan fingerprint density at radius 3 is 2.83 bits per heavy atom. The molecule has 4 heteroatoms. The van der Waals surface area contributed by atoms with E-state index in [0.717, 1.165) is 42.4 Å². The molecule has 1 aliphatic heterocycles. The molecule has 2 aromatic carbocycles. The molecule has 24 heavy (non-hydrogen) atoms. The fourth-order valence-corrected chi connectivity index (χ4v) is 3.55. The van der Waals surface area contributed by atoms with Gasteiger partial charge in [0, 0.05) is 29.6 Å². The Balaban J connectivity index is 1.74. The Labute approximate surface area is 143 Å². The number of hydrogen-bond acceptors (Lipinski definition) is 3. The van der Waals surface area contributed by atoms with E-state index < -0.39 is 0 Å². The fraction of sp³-hybridized carbons (Fsp3) is 0.450. The maximum absolute atomic E-state index is 12.7. The van der Waals surface area contributed by atoms with Gasteiger partial charge in [-0.05, 0) is 37.8 Å². The van der Waals surface area contributed by atoms with Crippen LogP contribution in [0.3, 0.4) is 0 Å². The molecule has 0 bridgehead atoms. The van der Waals surface area contributed by atoms with Crippen molar-refractivity contribution < 1.29 is 9.90 Å². The molecular weight excluding hydrogens is 300 g/mol. The number of piperidine rings is 1. The SMILES string of the molecule is CC(C(=O)Nc1cccc2ccccc12)N1CCCC(C)(CO)C1. The standard InChI is InChI=1S/C20H26N2O2/c1-15(22-12-6-11-20(2,13-22)14-23)19(24)21-18-10-5-8-16-7-3-4-9-17(16)18/h3-5,7-10,15,23H,6,11-14H2,1-2H3,(H,21,24). The van der Waals surface area contributed by atoms with Gasteiger partial charge in [-0.1, -0.05) is 43.3 Å². The highest BCUT2D eigenvalue weighted by Gasteiger charge is 2.34. The smallest absolute Gasteiger partial charge is 0.241 e. The van der Waals surface area contributed by atoms with Crippen molar-refractivity contribution in [3.63, 3.8) is 0 Å². The van der Waals surface area contributed by atoms with Crippen molar-refractivity contribution in [2.24, 2.45) is 5.41 Å². The summed E-state index contributed by atoms with van der Waals surface area (Å²) in [6.45, 7) is 5.87. The van der Waals surface area contributed by atoms with Crippen LogP contribution in [0.1, 0.15) is 26.7 Å². The molecule has 0 aliphatic carbocycles. The highest BCUT2D eigenvalue weighted by molar-refractivity contribution is 6.03. The van der Waals surface area contributed by atoms with E-state index in [9.17, 15) is 9.90 Å². The predicted molar refractivity (Wildman–Crippen MR) is 98.0 cm³/mol. The Bertz CT molecular complexity index is 725. The Morgan fingerprint density at radius 1 is 1.29 bits per heavy atom. The van der Waals surface area contributed by atoms with Crippen LogP contribution in [-0.2, 0) is 4.79 Å². The molecule has 0 saturated carbocycles. The molecular formula is C20H26N2O2. The molecule has 2 N–H and O–H groups in total. The number of hydrogen-bond donors (Lipinski definition) is 2. The van der Waals surface area contributed by atoms with Crippen molar-refractivity contribution in [3.8, 4) is 0 Å². The van der Waals surface area contributed by atoms with Gasteiger partial charge in [0.25, 0.3) is 0 Å². The van der Waals surface area contributed by atoms with E-state index in [2.05, 4.69) is 17.1 Å². The van der Waals surface area contributed by atoms with Gasteiger partial charge in [-0.15, -0.1) is 0 Å². The number of amides is 1. The van der Waals surface area contributed by atoms with Crippen molar-refractivity contribution >= 4 is 22.4 Å². The van der Waals surface area contributed by atoms with Crippen LogP contribution in [0.15, 0.2) is 42.5 Å². The number of anilines is 1. The topological polar surface area (TPSA) is 52.6 Å². The van der Waals surface area contributed by atoms with Crippen molar-refractivity contribution in [1.29, 1.82) is 0 Å². The predicted octanol–water partition coefficient (Wildman–Crippen LogP) is 3.26. The highest BCUT2D eigenvalue weighted by atomic mass is 16.3. The number of fused-ring (bicyclic) bond motifs is 1. The zero-order valence-electron chi connectivity index (χ0n) is 14.5. The average molecular weight is 326 g/mol. The number of nitrogens with one attached hydrogen (secondary N) is 1. The third-order valence-corrected chi connectivity index (χ3v) is 5.17. The third-order valence-electron chi connectivity index (χ3n) is 5.17. The number of aliphatic hydroxyl groups excluding tert-OH is 1. The van der Waals surface area contributed by atoms with Crippen LogP contribution in [0.25, 0.3) is 10.8 Å². The van der Waals surface area contributed by atoms with Gasteiger partial charge in [0.05, 0.1) is 6.04 Å². The lowest BCUT2D eigenvalue weighted by Crippen LogP contribution is -2.51. The Hall–Kier alpha value is -1.91. The van der Waals surface area contributed by atoms with E-state index in [4.69, 9.17) is 0 Å². The minimum Gasteiger partial charge on any atom is -0.396 e. The van der Waals surface area contributed by atoms with E-state index in [1.165, 1.54) is 0 Å². The quantitative estimate of drug-likeness (QED) is 0.907. The Kier molecular flexibility index (Phi) is 4.88. The summed E-state index contributed by atoms with van der Waals surface area (Å²) in [5.74, 6) is 0.00791. The average Bonchev–Trinajstić information content (AvgIpc) is 2.61. The summed E-state index contributed by atoms with van der Waals surface area (Å²) in [7, 11) is 0. The van der Waals surface area contributed by atoms with Crippen LogP contribution < -0.4 is 5.32 Å². The Morgan fingerprint density at radius 2 is 2.04 bits per heavy atom. The molecule has 3 rings (SSSR count). The van der Waals surface area contributed by atoms with E-state index in [0.29, 0.717) is 0 Å². The van der Waals surface area contributed by atoms with Gasteiger partial charge in [0.1, 0.15) is 0 Å². The number of benzene rings is 2. The van der Waals surface area contributed by atoms with E-state index in [1.807, 2.05) is 49.4 Å². The van der Waals surface area contributed by atoms with Gasteiger partial charge in [-0.25, -0.2) is 0 Å². The summed E-state index contributed by atoms with van der Waals surface area (Å²) in [5.41, 5.74) is 0.749. The van der Waals surface area contributed by atoms with E-state index in [-0.39, 0.29) is 24.0 Å². The number of aliphatic hydroxyl groups is 1. The van der Waals surface area contributed by atoms with Gasteiger partial charge in [0.2, 0.25) is 5.91 Å². The first-order chi connectivity index (χ1) is 11.5. The van der Waals surface area contributed by atoms with Crippen LogP contribution in [0.4, 0.5) is 5.69 Å².